The van der Waals surface area contributed by atoms with Gasteiger partial charge in [-0.2, -0.15) is 0 Å². The summed E-state index contributed by atoms with van der Waals surface area (Å²) in [6.45, 7) is 1.22. The van der Waals surface area contributed by atoms with Crippen molar-refractivity contribution in [3.63, 3.8) is 0 Å². The standard InChI is InChI=1S/C32H30N4O6/c37-29(35-32(30(38)39)14-15-36(19-32)17-21-8-2-1-3-9-21)28-27(42-20-34-28)16-33-31(40)41-18-26-24-12-6-4-10-22(24)23-11-5-7-13-25(23)26/h1-13,20,26H,14-19H2,(H,33,40)(H,35,37)(H,38,39). The van der Waals surface area contributed by atoms with Gasteiger partial charge in [0.25, 0.3) is 5.91 Å². The number of hydrogen-bond donors (Lipinski definition) is 3. The molecule has 6 rings (SSSR count). The molecule has 1 atom stereocenters. The van der Waals surface area contributed by atoms with E-state index in [4.69, 9.17) is 9.15 Å². The Morgan fingerprint density at radius 3 is 2.33 bits per heavy atom. The molecule has 3 aromatic carbocycles. The normalized spacial score (nSPS) is 17.8. The van der Waals surface area contributed by atoms with Crippen LogP contribution in [0.4, 0.5) is 4.79 Å². The van der Waals surface area contributed by atoms with Crippen LogP contribution in [0.25, 0.3) is 11.1 Å². The number of aromatic nitrogens is 1. The molecule has 1 fully saturated rings. The molecule has 42 heavy (non-hydrogen) atoms. The molecule has 214 valence electrons. The van der Waals surface area contributed by atoms with Crippen LogP contribution in [0.5, 0.6) is 0 Å². The van der Waals surface area contributed by atoms with Gasteiger partial charge in [0.15, 0.2) is 23.4 Å². The quantitative estimate of drug-likeness (QED) is 0.275. The van der Waals surface area contributed by atoms with Gasteiger partial charge in [0.05, 0.1) is 6.54 Å². The van der Waals surface area contributed by atoms with Crippen molar-refractivity contribution in [3.8, 4) is 11.1 Å². The fourth-order valence-corrected chi connectivity index (χ4v) is 5.85. The Morgan fingerprint density at radius 1 is 0.976 bits per heavy atom. The highest BCUT2D eigenvalue weighted by Gasteiger charge is 2.46. The Bertz CT molecular complexity index is 1570. The van der Waals surface area contributed by atoms with E-state index in [1.54, 1.807) is 0 Å². The summed E-state index contributed by atoms with van der Waals surface area (Å²) in [7, 11) is 0. The zero-order valence-electron chi connectivity index (χ0n) is 22.8. The van der Waals surface area contributed by atoms with Gasteiger partial charge in [-0.3, -0.25) is 9.69 Å². The van der Waals surface area contributed by atoms with Gasteiger partial charge in [-0.1, -0.05) is 78.9 Å². The number of likely N-dealkylation sites (tertiary alicyclic amines) is 1. The highest BCUT2D eigenvalue weighted by atomic mass is 16.5. The fourth-order valence-electron chi connectivity index (χ4n) is 5.85. The molecule has 0 saturated carbocycles. The third kappa shape index (κ3) is 5.36. The van der Waals surface area contributed by atoms with Crippen LogP contribution in [0.2, 0.25) is 0 Å². The minimum absolute atomic E-state index is 0.0870. The molecule has 2 aliphatic rings. The van der Waals surface area contributed by atoms with Crippen molar-refractivity contribution in [2.75, 3.05) is 19.7 Å². The lowest BCUT2D eigenvalue weighted by Crippen LogP contribution is -2.56. The van der Waals surface area contributed by atoms with Gasteiger partial charge in [-0.05, 0) is 34.2 Å². The van der Waals surface area contributed by atoms with Crippen molar-refractivity contribution in [2.45, 2.75) is 31.0 Å². The molecule has 1 aliphatic heterocycles. The second-order valence-corrected chi connectivity index (χ2v) is 10.6. The Morgan fingerprint density at radius 2 is 1.64 bits per heavy atom. The van der Waals surface area contributed by atoms with Gasteiger partial charge >= 0.3 is 12.1 Å². The van der Waals surface area contributed by atoms with Crippen LogP contribution in [-0.4, -0.2) is 58.2 Å². The summed E-state index contributed by atoms with van der Waals surface area (Å²) in [5.41, 5.74) is 3.96. The topological polar surface area (TPSA) is 134 Å². The number of benzene rings is 3. The molecule has 2 amide bonds. The van der Waals surface area contributed by atoms with Gasteiger partial charge in [0, 0.05) is 25.6 Å². The molecule has 0 spiro atoms. The van der Waals surface area contributed by atoms with E-state index in [0.717, 1.165) is 34.2 Å². The smallest absolute Gasteiger partial charge is 0.407 e. The highest BCUT2D eigenvalue weighted by molar-refractivity contribution is 5.97. The molecule has 3 N–H and O–H groups in total. The zero-order chi connectivity index (χ0) is 29.1. The highest BCUT2D eigenvalue weighted by Crippen LogP contribution is 2.44. The monoisotopic (exact) mass is 566 g/mol. The van der Waals surface area contributed by atoms with Gasteiger partial charge in [0.2, 0.25) is 0 Å². The van der Waals surface area contributed by atoms with E-state index < -0.39 is 23.5 Å². The molecule has 2 heterocycles. The Labute approximate surface area is 242 Å². The van der Waals surface area contributed by atoms with Crippen molar-refractivity contribution in [2.24, 2.45) is 0 Å². The Hall–Kier alpha value is -4.96. The minimum Gasteiger partial charge on any atom is -0.479 e. The van der Waals surface area contributed by atoms with Gasteiger partial charge < -0.3 is 24.9 Å². The maximum absolute atomic E-state index is 13.2. The van der Waals surface area contributed by atoms with Crippen LogP contribution in [0.15, 0.2) is 89.7 Å². The number of carboxylic acid groups (broad SMARTS) is 1. The predicted octanol–water partition coefficient (Wildman–Crippen LogP) is 4.17. The molecule has 1 aromatic heterocycles. The predicted molar refractivity (Wildman–Crippen MR) is 153 cm³/mol. The second-order valence-electron chi connectivity index (χ2n) is 10.6. The van der Waals surface area contributed by atoms with Crippen LogP contribution in [0.1, 0.15) is 45.3 Å². The van der Waals surface area contributed by atoms with E-state index in [-0.39, 0.29) is 43.5 Å². The molecule has 1 saturated heterocycles. The second kappa shape index (κ2) is 11.5. The van der Waals surface area contributed by atoms with E-state index in [1.807, 2.05) is 71.6 Å². The lowest BCUT2D eigenvalue weighted by molar-refractivity contribution is -0.144. The van der Waals surface area contributed by atoms with E-state index in [1.165, 1.54) is 0 Å². The first-order valence-electron chi connectivity index (χ1n) is 13.8. The number of ether oxygens (including phenoxy) is 1. The molecule has 0 radical (unpaired) electrons. The number of carbonyl (C=O) groups excluding carboxylic acids is 2. The number of carboxylic acids is 1. The van der Waals surface area contributed by atoms with Crippen molar-refractivity contribution < 1.29 is 28.6 Å². The van der Waals surface area contributed by atoms with E-state index in [9.17, 15) is 19.5 Å². The number of amides is 2. The van der Waals surface area contributed by atoms with Crippen LogP contribution in [0.3, 0.4) is 0 Å². The third-order valence-corrected chi connectivity index (χ3v) is 7.95. The number of rotatable bonds is 9. The summed E-state index contributed by atoms with van der Waals surface area (Å²) in [5, 5.41) is 15.3. The number of nitrogens with one attached hydrogen (secondary N) is 2. The molecule has 0 bridgehead atoms. The molecule has 1 aliphatic carbocycles. The number of oxazole rings is 1. The summed E-state index contributed by atoms with van der Waals surface area (Å²) >= 11 is 0. The lowest BCUT2D eigenvalue weighted by atomic mass is 9.98. The van der Waals surface area contributed by atoms with Crippen molar-refractivity contribution in [1.82, 2.24) is 20.5 Å². The van der Waals surface area contributed by atoms with Gasteiger partial charge in [0.1, 0.15) is 6.61 Å². The van der Waals surface area contributed by atoms with Crippen LogP contribution in [-0.2, 0) is 22.6 Å². The molecule has 1 unspecified atom stereocenters. The van der Waals surface area contributed by atoms with Crippen LogP contribution in [0, 0.1) is 0 Å². The average Bonchev–Trinajstić information content (AvgIpc) is 3.72. The lowest BCUT2D eigenvalue weighted by Gasteiger charge is -2.26. The van der Waals surface area contributed by atoms with Crippen molar-refractivity contribution in [1.29, 1.82) is 0 Å². The first kappa shape index (κ1) is 27.2. The summed E-state index contributed by atoms with van der Waals surface area (Å²) in [4.78, 5) is 44.1. The van der Waals surface area contributed by atoms with E-state index in [0.29, 0.717) is 13.1 Å². The SMILES string of the molecule is O=C(NCc1ocnc1C(=O)NC1(C(=O)O)CCN(Cc2ccccc2)C1)OCC1c2ccccc2-c2ccccc21. The third-order valence-electron chi connectivity index (χ3n) is 7.95. The maximum Gasteiger partial charge on any atom is 0.407 e. The van der Waals surface area contributed by atoms with Gasteiger partial charge in [-0.15, -0.1) is 0 Å². The molecular weight excluding hydrogens is 536 g/mol. The van der Waals surface area contributed by atoms with Gasteiger partial charge in [-0.25, -0.2) is 14.6 Å². The summed E-state index contributed by atoms with van der Waals surface area (Å²) in [6, 6.07) is 25.8. The Kier molecular flexibility index (Phi) is 7.45. The number of alkyl carbamates (subject to hydrolysis) is 1. The fraction of sp³-hybridized carbons (Fsp3) is 0.250. The molecular formula is C32H30N4O6. The molecule has 10 heteroatoms. The first-order chi connectivity index (χ1) is 20.4. The summed E-state index contributed by atoms with van der Waals surface area (Å²) in [6.07, 6.45) is 0.661. The van der Waals surface area contributed by atoms with Crippen molar-refractivity contribution in [3.05, 3.63) is 113 Å². The average molecular weight is 567 g/mol. The molecule has 10 nitrogen and oxygen atoms in total. The number of aliphatic carboxylic acids is 1. The zero-order valence-corrected chi connectivity index (χ0v) is 22.8. The largest absolute Gasteiger partial charge is 0.479 e. The van der Waals surface area contributed by atoms with Crippen LogP contribution >= 0.6 is 0 Å². The van der Waals surface area contributed by atoms with Crippen LogP contribution < -0.4 is 10.6 Å². The van der Waals surface area contributed by atoms with E-state index in [2.05, 4.69) is 27.8 Å². The number of hydrogen-bond acceptors (Lipinski definition) is 7. The van der Waals surface area contributed by atoms with Crippen molar-refractivity contribution >= 4 is 18.0 Å². The molecule has 4 aromatic rings. The minimum atomic E-state index is -1.47. The maximum atomic E-state index is 13.2. The number of fused-ring (bicyclic) bond motifs is 3. The van der Waals surface area contributed by atoms with E-state index >= 15 is 0 Å². The summed E-state index contributed by atoms with van der Waals surface area (Å²) < 4.78 is 10.9. The Balaban J connectivity index is 1.06. The number of carbonyl (C=O) groups is 3. The summed E-state index contributed by atoms with van der Waals surface area (Å²) in [5.74, 6) is -1.79. The number of nitrogens with zero attached hydrogens (tertiary/aromatic N) is 2. The first-order valence-corrected chi connectivity index (χ1v) is 13.8.